The number of esters is 1. The van der Waals surface area contributed by atoms with Crippen molar-refractivity contribution in [1.82, 2.24) is 10.2 Å². The normalized spacial score (nSPS) is 15.0. The molecule has 0 bridgehead atoms. The molecule has 1 aromatic rings. The summed E-state index contributed by atoms with van der Waals surface area (Å²) in [6, 6.07) is 0.580. The Bertz CT molecular complexity index is 351. The lowest BCUT2D eigenvalue weighted by molar-refractivity contribution is -0.137. The van der Waals surface area contributed by atoms with Gasteiger partial charge in [0.1, 0.15) is 0 Å². The van der Waals surface area contributed by atoms with E-state index in [1.54, 1.807) is 0 Å². The Morgan fingerprint density at radius 1 is 1.67 bits per heavy atom. The van der Waals surface area contributed by atoms with Crippen LogP contribution in [0.1, 0.15) is 12.8 Å². The molecular weight excluding hydrogens is 234 g/mol. The lowest BCUT2D eigenvalue weighted by Crippen LogP contribution is -2.02. The number of thioether (sulfide) groups is 1. The van der Waals surface area contributed by atoms with Crippen molar-refractivity contribution >= 4 is 34.2 Å². The molecular formula is C8H11N3O2S2. The quantitative estimate of drug-likeness (QED) is 0.624. The third-order valence-corrected chi connectivity index (χ3v) is 3.81. The molecule has 1 aliphatic carbocycles. The number of nitrogens with one attached hydrogen (secondary N) is 1. The number of carbonyl (C=O) groups is 1. The maximum atomic E-state index is 10.9. The average molecular weight is 245 g/mol. The molecule has 1 saturated carbocycles. The molecule has 5 nitrogen and oxygen atoms in total. The van der Waals surface area contributed by atoms with Gasteiger partial charge in [-0.3, -0.25) is 4.79 Å². The number of anilines is 1. The van der Waals surface area contributed by atoms with Crippen molar-refractivity contribution in [1.29, 1.82) is 0 Å². The second kappa shape index (κ2) is 4.80. The molecule has 2 rings (SSSR count). The van der Waals surface area contributed by atoms with Gasteiger partial charge in [-0.05, 0) is 12.8 Å². The van der Waals surface area contributed by atoms with Crippen LogP contribution in [0.3, 0.4) is 0 Å². The lowest BCUT2D eigenvalue weighted by Gasteiger charge is -1.95. The van der Waals surface area contributed by atoms with Crippen LogP contribution in [0.15, 0.2) is 4.34 Å². The van der Waals surface area contributed by atoms with Gasteiger partial charge in [-0.1, -0.05) is 23.1 Å². The molecule has 1 aromatic heterocycles. The van der Waals surface area contributed by atoms with Crippen LogP contribution in [0.5, 0.6) is 0 Å². The minimum atomic E-state index is -0.244. The molecule has 1 fully saturated rings. The summed E-state index contributed by atoms with van der Waals surface area (Å²) in [4.78, 5) is 10.9. The highest BCUT2D eigenvalue weighted by atomic mass is 32.2. The summed E-state index contributed by atoms with van der Waals surface area (Å²) in [5, 5.41) is 12.0. The number of nitrogens with zero attached hydrogens (tertiary/aromatic N) is 2. The van der Waals surface area contributed by atoms with Crippen molar-refractivity contribution in [2.24, 2.45) is 0 Å². The Hall–Kier alpha value is -0.820. The van der Waals surface area contributed by atoms with Gasteiger partial charge in [-0.2, -0.15) is 0 Å². The zero-order valence-electron chi connectivity index (χ0n) is 8.23. The number of aromatic nitrogens is 2. The topological polar surface area (TPSA) is 64.1 Å². The monoisotopic (exact) mass is 245 g/mol. The van der Waals surface area contributed by atoms with E-state index < -0.39 is 0 Å². The van der Waals surface area contributed by atoms with Gasteiger partial charge in [0.05, 0.1) is 12.9 Å². The van der Waals surface area contributed by atoms with Crippen LogP contribution < -0.4 is 5.32 Å². The lowest BCUT2D eigenvalue weighted by atomic mass is 10.7. The molecule has 1 N–H and O–H groups in total. The summed E-state index contributed by atoms with van der Waals surface area (Å²) in [5.41, 5.74) is 0. The van der Waals surface area contributed by atoms with Gasteiger partial charge in [0.15, 0.2) is 4.34 Å². The van der Waals surface area contributed by atoms with Gasteiger partial charge < -0.3 is 10.1 Å². The van der Waals surface area contributed by atoms with E-state index in [0.29, 0.717) is 6.04 Å². The fourth-order valence-corrected chi connectivity index (χ4v) is 2.57. The highest BCUT2D eigenvalue weighted by molar-refractivity contribution is 8.01. The second-order valence-electron chi connectivity index (χ2n) is 3.16. The van der Waals surface area contributed by atoms with Crippen molar-refractivity contribution in [2.45, 2.75) is 23.2 Å². The van der Waals surface area contributed by atoms with Gasteiger partial charge >= 0.3 is 5.97 Å². The first-order chi connectivity index (χ1) is 7.28. The molecule has 1 aliphatic rings. The fourth-order valence-electron chi connectivity index (χ4n) is 0.908. The minimum absolute atomic E-state index is 0.244. The van der Waals surface area contributed by atoms with Crippen molar-refractivity contribution in [2.75, 3.05) is 18.2 Å². The molecule has 0 spiro atoms. The molecule has 0 aromatic carbocycles. The van der Waals surface area contributed by atoms with E-state index in [1.165, 1.54) is 43.1 Å². The van der Waals surface area contributed by atoms with E-state index in [0.717, 1.165) is 9.47 Å². The summed E-state index contributed by atoms with van der Waals surface area (Å²) in [5.74, 6) is 0.0427. The first-order valence-electron chi connectivity index (χ1n) is 4.57. The minimum Gasteiger partial charge on any atom is -0.468 e. The molecule has 0 amide bonds. The van der Waals surface area contributed by atoms with Crippen molar-refractivity contribution < 1.29 is 9.53 Å². The van der Waals surface area contributed by atoms with Gasteiger partial charge in [-0.15, -0.1) is 10.2 Å². The fraction of sp³-hybridized carbons (Fsp3) is 0.625. The van der Waals surface area contributed by atoms with Crippen LogP contribution in [0.25, 0.3) is 0 Å². The van der Waals surface area contributed by atoms with Gasteiger partial charge in [0, 0.05) is 6.04 Å². The number of rotatable bonds is 5. The molecule has 82 valence electrons. The predicted molar refractivity (Wildman–Crippen MR) is 59.3 cm³/mol. The number of ether oxygens (including phenoxy) is 1. The Morgan fingerprint density at radius 3 is 3.13 bits per heavy atom. The SMILES string of the molecule is COC(=O)CSc1nnc(NC2CC2)s1. The number of hydrogen-bond acceptors (Lipinski definition) is 7. The maximum Gasteiger partial charge on any atom is 0.316 e. The Labute approximate surface area is 95.6 Å². The first kappa shape index (κ1) is 10.7. The zero-order chi connectivity index (χ0) is 10.7. The Kier molecular flexibility index (Phi) is 3.42. The van der Waals surface area contributed by atoms with Crippen LogP contribution in [-0.4, -0.2) is 35.1 Å². The van der Waals surface area contributed by atoms with Gasteiger partial charge in [0.2, 0.25) is 5.13 Å². The molecule has 0 unspecified atom stereocenters. The van der Waals surface area contributed by atoms with Gasteiger partial charge in [-0.25, -0.2) is 0 Å². The highest BCUT2D eigenvalue weighted by Crippen LogP contribution is 2.30. The third kappa shape index (κ3) is 3.35. The third-order valence-electron chi connectivity index (χ3n) is 1.85. The number of carbonyl (C=O) groups excluding carboxylic acids is 1. The molecule has 0 atom stereocenters. The first-order valence-corrected chi connectivity index (χ1v) is 6.38. The average Bonchev–Trinajstić information content (AvgIpc) is 2.93. The molecule has 1 heterocycles. The highest BCUT2D eigenvalue weighted by Gasteiger charge is 2.22. The summed E-state index contributed by atoms with van der Waals surface area (Å²) in [6.45, 7) is 0. The summed E-state index contributed by atoms with van der Waals surface area (Å²) in [7, 11) is 1.38. The van der Waals surface area contributed by atoms with E-state index in [1.807, 2.05) is 0 Å². The molecule has 7 heteroatoms. The summed E-state index contributed by atoms with van der Waals surface area (Å²) >= 11 is 2.83. The number of methoxy groups -OCH3 is 1. The van der Waals surface area contributed by atoms with Crippen molar-refractivity contribution in [3.63, 3.8) is 0 Å². The predicted octanol–water partition coefficient (Wildman–Crippen LogP) is 1.38. The maximum absolute atomic E-state index is 10.9. The standard InChI is InChI=1S/C8H11N3O2S2/c1-13-6(12)4-14-8-11-10-7(15-8)9-5-2-3-5/h5H,2-4H2,1H3,(H,9,10). The summed E-state index contributed by atoms with van der Waals surface area (Å²) in [6.07, 6.45) is 2.43. The van der Waals surface area contributed by atoms with E-state index >= 15 is 0 Å². The van der Waals surface area contributed by atoms with Crippen LogP contribution in [0.2, 0.25) is 0 Å². The van der Waals surface area contributed by atoms with E-state index in [9.17, 15) is 4.79 Å². The second-order valence-corrected chi connectivity index (χ2v) is 5.36. The largest absolute Gasteiger partial charge is 0.468 e. The van der Waals surface area contributed by atoms with Crippen LogP contribution in [0, 0.1) is 0 Å². The van der Waals surface area contributed by atoms with Crippen LogP contribution in [0.4, 0.5) is 5.13 Å². The Morgan fingerprint density at radius 2 is 2.47 bits per heavy atom. The summed E-state index contributed by atoms with van der Waals surface area (Å²) < 4.78 is 5.33. The molecule has 0 radical (unpaired) electrons. The van der Waals surface area contributed by atoms with E-state index in [2.05, 4.69) is 20.3 Å². The molecule has 15 heavy (non-hydrogen) atoms. The van der Waals surface area contributed by atoms with E-state index in [4.69, 9.17) is 0 Å². The zero-order valence-corrected chi connectivity index (χ0v) is 9.86. The van der Waals surface area contributed by atoms with E-state index in [-0.39, 0.29) is 11.7 Å². The molecule has 0 saturated heterocycles. The van der Waals surface area contributed by atoms with Crippen molar-refractivity contribution in [3.8, 4) is 0 Å². The Balaban J connectivity index is 1.80. The number of hydrogen-bond donors (Lipinski definition) is 1. The van der Waals surface area contributed by atoms with Crippen LogP contribution in [-0.2, 0) is 9.53 Å². The van der Waals surface area contributed by atoms with Crippen LogP contribution >= 0.6 is 23.1 Å². The van der Waals surface area contributed by atoms with Crippen molar-refractivity contribution in [3.05, 3.63) is 0 Å². The van der Waals surface area contributed by atoms with Gasteiger partial charge in [0.25, 0.3) is 0 Å². The molecule has 0 aliphatic heterocycles. The smallest absolute Gasteiger partial charge is 0.316 e.